The maximum absolute atomic E-state index is 12.5. The molecule has 1 aliphatic rings. The molecule has 0 radical (unpaired) electrons. The van der Waals surface area contributed by atoms with Crippen LogP contribution in [-0.2, 0) is 14.4 Å². The third kappa shape index (κ3) is 2.55. The van der Waals surface area contributed by atoms with Gasteiger partial charge in [-0.05, 0) is 6.07 Å². The summed E-state index contributed by atoms with van der Waals surface area (Å²) in [6.07, 6.45) is 0. The van der Waals surface area contributed by atoms with Crippen molar-refractivity contribution in [3.05, 3.63) is 52.6 Å². The minimum absolute atomic E-state index is 0. The Balaban J connectivity index is 0.00000156. The second-order valence-electron chi connectivity index (χ2n) is 4.75. The van der Waals surface area contributed by atoms with Crippen LogP contribution in [0, 0.1) is 0 Å². The van der Waals surface area contributed by atoms with Crippen molar-refractivity contribution in [2.75, 3.05) is 0 Å². The summed E-state index contributed by atoms with van der Waals surface area (Å²) in [6, 6.07) is 6.65. The normalized spacial score (nSPS) is 13.0. The fraction of sp³-hybridized carbons (Fsp3) is 0. The summed E-state index contributed by atoms with van der Waals surface area (Å²) >= 11 is 0. The number of phenolic OH excluding ortho intramolecular Hbond substituents is 2. The summed E-state index contributed by atoms with van der Waals surface area (Å²) in [7, 11) is -4.70. The van der Waals surface area contributed by atoms with Crippen LogP contribution in [0.3, 0.4) is 0 Å². The van der Waals surface area contributed by atoms with Gasteiger partial charge in [0.05, 0.1) is 5.56 Å². The molecule has 0 saturated carbocycles. The SMILES string of the molecule is NOS(=O)(=O)c1c(O)cc2c(c1O)C(=O)c1ccccc1C2=O.[H-].[Na+]. The minimum Gasteiger partial charge on any atom is -1.00 e. The van der Waals surface area contributed by atoms with Gasteiger partial charge in [0.2, 0.25) is 0 Å². The predicted octanol–water partition coefficient (Wildman–Crippen LogP) is -2.43. The number of nitrogens with two attached hydrogens (primary N) is 1. The van der Waals surface area contributed by atoms with E-state index in [-0.39, 0.29) is 47.7 Å². The van der Waals surface area contributed by atoms with Crippen LogP contribution < -0.4 is 35.5 Å². The number of ketones is 2. The largest absolute Gasteiger partial charge is 1.00 e. The predicted molar refractivity (Wildman–Crippen MR) is 76.6 cm³/mol. The van der Waals surface area contributed by atoms with E-state index in [1.54, 1.807) is 6.07 Å². The van der Waals surface area contributed by atoms with E-state index in [9.17, 15) is 28.2 Å². The average molecular weight is 359 g/mol. The Morgan fingerprint density at radius 1 is 1.00 bits per heavy atom. The van der Waals surface area contributed by atoms with Crippen molar-refractivity contribution in [1.82, 2.24) is 0 Å². The van der Waals surface area contributed by atoms with Crippen LogP contribution in [0.25, 0.3) is 0 Å². The van der Waals surface area contributed by atoms with E-state index in [1.165, 1.54) is 18.2 Å². The zero-order valence-electron chi connectivity index (χ0n) is 13.3. The molecule has 0 amide bonds. The van der Waals surface area contributed by atoms with E-state index >= 15 is 0 Å². The fourth-order valence-corrected chi connectivity index (χ4v) is 3.25. The Hall–Kier alpha value is -1.75. The molecule has 0 bridgehead atoms. The number of fused-ring (bicyclic) bond motifs is 2. The number of hydrogen-bond acceptors (Lipinski definition) is 8. The van der Waals surface area contributed by atoms with Crippen molar-refractivity contribution in [2.45, 2.75) is 4.90 Å². The summed E-state index contributed by atoms with van der Waals surface area (Å²) in [5.74, 6) is 1.22. The van der Waals surface area contributed by atoms with Gasteiger partial charge in [-0.1, -0.05) is 24.3 Å². The van der Waals surface area contributed by atoms with Crippen LogP contribution >= 0.6 is 0 Å². The maximum atomic E-state index is 12.5. The molecule has 120 valence electrons. The zero-order chi connectivity index (χ0) is 16.9. The van der Waals surface area contributed by atoms with Gasteiger partial charge in [0.1, 0.15) is 5.75 Å². The molecule has 0 saturated heterocycles. The average Bonchev–Trinajstić information content (AvgIpc) is 2.52. The molecule has 0 unspecified atom stereocenters. The first-order valence-electron chi connectivity index (χ1n) is 6.20. The zero-order valence-corrected chi connectivity index (χ0v) is 15.1. The van der Waals surface area contributed by atoms with Gasteiger partial charge in [0.15, 0.2) is 22.2 Å². The monoisotopic (exact) mass is 359 g/mol. The maximum Gasteiger partial charge on any atom is 1.00 e. The topological polar surface area (TPSA) is 144 Å². The molecule has 0 spiro atoms. The van der Waals surface area contributed by atoms with Crippen LogP contribution in [0.5, 0.6) is 11.5 Å². The second kappa shape index (κ2) is 6.28. The molecule has 3 rings (SSSR count). The molecular weight excluding hydrogens is 349 g/mol. The van der Waals surface area contributed by atoms with Crippen LogP contribution in [0.4, 0.5) is 0 Å². The van der Waals surface area contributed by atoms with Crippen LogP contribution in [0.1, 0.15) is 33.3 Å². The molecule has 0 aliphatic heterocycles. The third-order valence-electron chi connectivity index (χ3n) is 3.50. The first kappa shape index (κ1) is 18.6. The smallest absolute Gasteiger partial charge is 1.00 e. The van der Waals surface area contributed by atoms with Crippen LogP contribution in [0.15, 0.2) is 35.2 Å². The molecule has 0 aromatic heterocycles. The first-order valence-corrected chi connectivity index (χ1v) is 7.61. The molecule has 24 heavy (non-hydrogen) atoms. The summed E-state index contributed by atoms with van der Waals surface area (Å²) in [4.78, 5) is 23.8. The summed E-state index contributed by atoms with van der Waals surface area (Å²) in [5, 5.41) is 20.0. The number of aromatic hydroxyl groups is 2. The summed E-state index contributed by atoms with van der Waals surface area (Å²) in [6.45, 7) is 0. The Labute approximate surface area is 159 Å². The van der Waals surface area contributed by atoms with E-state index < -0.39 is 43.6 Å². The van der Waals surface area contributed by atoms with Crippen molar-refractivity contribution in [1.29, 1.82) is 0 Å². The van der Waals surface area contributed by atoms with E-state index in [0.29, 0.717) is 0 Å². The first-order chi connectivity index (χ1) is 10.8. The number of rotatable bonds is 2. The van der Waals surface area contributed by atoms with E-state index in [0.717, 1.165) is 6.07 Å². The number of carbonyl (C=O) groups excluding carboxylic acids is 2. The number of benzene rings is 2. The van der Waals surface area contributed by atoms with Gasteiger partial charge in [-0.25, -0.2) is 0 Å². The number of phenols is 2. The molecule has 2 aromatic rings. The fourth-order valence-electron chi connectivity index (χ4n) is 2.50. The Bertz CT molecular complexity index is 991. The molecule has 8 nitrogen and oxygen atoms in total. The quantitative estimate of drug-likeness (QED) is 0.338. The summed E-state index contributed by atoms with van der Waals surface area (Å²) in [5.41, 5.74) is -0.723. The molecule has 0 fully saturated rings. The molecule has 4 N–H and O–H groups in total. The molecule has 0 heterocycles. The van der Waals surface area contributed by atoms with E-state index in [2.05, 4.69) is 10.2 Å². The van der Waals surface area contributed by atoms with Crippen molar-refractivity contribution < 1.29 is 63.5 Å². The van der Waals surface area contributed by atoms with Crippen LogP contribution in [-0.4, -0.2) is 30.2 Å². The minimum atomic E-state index is -4.70. The third-order valence-corrected chi connectivity index (χ3v) is 4.66. The van der Waals surface area contributed by atoms with Gasteiger partial charge in [-0.2, -0.15) is 18.6 Å². The molecule has 1 aliphatic carbocycles. The van der Waals surface area contributed by atoms with Gasteiger partial charge in [-0.15, -0.1) is 0 Å². The van der Waals surface area contributed by atoms with Crippen molar-refractivity contribution in [3.63, 3.8) is 0 Å². The van der Waals surface area contributed by atoms with Gasteiger partial charge < -0.3 is 11.6 Å². The Kier molecular flexibility index (Phi) is 4.86. The van der Waals surface area contributed by atoms with Crippen molar-refractivity contribution in [2.24, 2.45) is 5.90 Å². The van der Waals surface area contributed by atoms with Crippen LogP contribution in [0.2, 0.25) is 0 Å². The Morgan fingerprint density at radius 3 is 2.08 bits per heavy atom. The summed E-state index contributed by atoms with van der Waals surface area (Å²) < 4.78 is 27.2. The molecule has 0 atom stereocenters. The number of carbonyl (C=O) groups is 2. The van der Waals surface area contributed by atoms with Gasteiger partial charge in [0.25, 0.3) is 0 Å². The van der Waals surface area contributed by atoms with Gasteiger partial charge >= 0.3 is 39.7 Å². The van der Waals surface area contributed by atoms with Crippen molar-refractivity contribution in [3.8, 4) is 11.5 Å². The Morgan fingerprint density at radius 2 is 1.54 bits per heavy atom. The van der Waals surface area contributed by atoms with E-state index in [4.69, 9.17) is 0 Å². The standard InChI is InChI=1S/C14H9NO7S.Na.H/c15-22-23(20,21)14-9(16)5-8-10(13(14)19)12(18)7-4-2-1-3-6(7)11(8)17;;/h1-5,16,19H,15H2;;/q;+1;-1. The van der Waals surface area contributed by atoms with E-state index in [1.807, 2.05) is 0 Å². The molecule has 2 aromatic carbocycles. The number of hydrogen-bond donors (Lipinski definition) is 3. The van der Waals surface area contributed by atoms with Crippen molar-refractivity contribution >= 4 is 21.7 Å². The second-order valence-corrected chi connectivity index (χ2v) is 6.26. The van der Waals surface area contributed by atoms with Gasteiger partial charge in [-0.3, -0.25) is 9.59 Å². The molecule has 10 heteroatoms. The van der Waals surface area contributed by atoms with Gasteiger partial charge in [0, 0.05) is 16.7 Å². The molecular formula is C14H10NNaO7S.